The van der Waals surface area contributed by atoms with Crippen LogP contribution >= 0.6 is 11.6 Å². The zero-order chi connectivity index (χ0) is 20.7. The summed E-state index contributed by atoms with van der Waals surface area (Å²) in [5.41, 5.74) is 1.42. The van der Waals surface area contributed by atoms with Crippen molar-refractivity contribution < 1.29 is 19.1 Å². The van der Waals surface area contributed by atoms with Crippen molar-refractivity contribution in [2.45, 2.75) is 20.0 Å². The topological polar surface area (TPSA) is 74.7 Å². The van der Waals surface area contributed by atoms with E-state index in [1.54, 1.807) is 42.4 Å². The second-order valence-electron chi connectivity index (χ2n) is 6.67. The molecule has 0 aliphatic carbocycles. The van der Waals surface area contributed by atoms with E-state index in [0.29, 0.717) is 22.2 Å². The van der Waals surface area contributed by atoms with Crippen LogP contribution in [0.1, 0.15) is 25.6 Å². The average Bonchev–Trinajstić information content (AvgIpc) is 3.15. The monoisotopic (exact) mass is 414 g/mol. The molecular formula is C20H19ClN4O4. The Labute approximate surface area is 172 Å². The van der Waals surface area contributed by atoms with Gasteiger partial charge in [0.1, 0.15) is 0 Å². The zero-order valence-electron chi connectivity index (χ0n) is 16.1. The van der Waals surface area contributed by atoms with E-state index in [0.717, 1.165) is 5.56 Å². The van der Waals surface area contributed by atoms with E-state index in [2.05, 4.69) is 5.10 Å². The van der Waals surface area contributed by atoms with Crippen molar-refractivity contribution >= 4 is 34.8 Å². The largest absolute Gasteiger partial charge is 0.454 e. The number of hydrogen-bond donors (Lipinski definition) is 0. The quantitative estimate of drug-likeness (QED) is 0.767. The average molecular weight is 415 g/mol. The molecule has 0 N–H and O–H groups in total. The van der Waals surface area contributed by atoms with Crippen LogP contribution in [0.4, 0.5) is 5.69 Å². The van der Waals surface area contributed by atoms with Crippen molar-refractivity contribution in [3.63, 3.8) is 0 Å². The highest BCUT2D eigenvalue weighted by atomic mass is 35.5. The third-order valence-corrected chi connectivity index (χ3v) is 4.97. The van der Waals surface area contributed by atoms with Gasteiger partial charge in [0.05, 0.1) is 5.69 Å². The van der Waals surface area contributed by atoms with Gasteiger partial charge >= 0.3 is 0 Å². The van der Waals surface area contributed by atoms with Crippen LogP contribution in [0.2, 0.25) is 5.02 Å². The molecule has 2 aliphatic rings. The number of halogens is 1. The summed E-state index contributed by atoms with van der Waals surface area (Å²) in [6, 6.07) is 12.5. The van der Waals surface area contributed by atoms with Crippen LogP contribution in [0, 0.1) is 0 Å². The number of fused-ring (bicyclic) bond motifs is 1. The lowest BCUT2D eigenvalue weighted by Crippen LogP contribution is -2.58. The first-order valence-electron chi connectivity index (χ1n) is 8.94. The van der Waals surface area contributed by atoms with E-state index in [4.69, 9.17) is 21.1 Å². The second kappa shape index (κ2) is 7.29. The van der Waals surface area contributed by atoms with Gasteiger partial charge in [-0.25, -0.2) is 10.0 Å². The number of ether oxygens (including phenoxy) is 2. The van der Waals surface area contributed by atoms with Gasteiger partial charge in [0.25, 0.3) is 0 Å². The molecule has 2 aromatic rings. The van der Waals surface area contributed by atoms with Gasteiger partial charge < -0.3 is 9.47 Å². The van der Waals surface area contributed by atoms with Gasteiger partial charge in [-0.3, -0.25) is 14.6 Å². The molecule has 0 spiro atoms. The van der Waals surface area contributed by atoms with Crippen LogP contribution in [0.15, 0.2) is 47.6 Å². The minimum Gasteiger partial charge on any atom is -0.454 e. The Balaban J connectivity index is 1.90. The first-order valence-corrected chi connectivity index (χ1v) is 9.32. The number of likely N-dealkylation sites (N-methyl/N-ethyl adjacent to an activating group) is 1. The number of hydrazine groups is 1. The lowest BCUT2D eigenvalue weighted by atomic mass is 10.1. The number of Topliss-reactive ketones (excluding diaryl/α,β-unsaturated/α-hetero) is 1. The second-order valence-corrected chi connectivity index (χ2v) is 7.11. The summed E-state index contributed by atoms with van der Waals surface area (Å²) in [5.74, 6) is 0.862. The van der Waals surface area contributed by atoms with Crippen LogP contribution in [0.3, 0.4) is 0 Å². The van der Waals surface area contributed by atoms with Gasteiger partial charge in [-0.05, 0) is 36.4 Å². The number of amides is 1. The molecule has 0 unspecified atom stereocenters. The fourth-order valence-corrected chi connectivity index (χ4v) is 3.55. The summed E-state index contributed by atoms with van der Waals surface area (Å²) in [5, 5.41) is 9.73. The maximum Gasteiger partial charge on any atom is 0.240 e. The normalized spacial score (nSPS) is 18.0. The highest BCUT2D eigenvalue weighted by Gasteiger charge is 2.39. The van der Waals surface area contributed by atoms with Crippen LogP contribution in [0.25, 0.3) is 0 Å². The molecule has 0 aromatic heterocycles. The summed E-state index contributed by atoms with van der Waals surface area (Å²) < 4.78 is 10.9. The van der Waals surface area contributed by atoms with E-state index in [9.17, 15) is 9.59 Å². The van der Waals surface area contributed by atoms with Crippen LogP contribution in [-0.2, 0) is 9.59 Å². The molecule has 150 valence electrons. The fourth-order valence-electron chi connectivity index (χ4n) is 3.42. The number of anilines is 1. The van der Waals surface area contributed by atoms with Crippen molar-refractivity contribution in [3.05, 3.63) is 53.1 Å². The Hall–Kier alpha value is -3.26. The van der Waals surface area contributed by atoms with Crippen LogP contribution in [-0.4, -0.2) is 41.4 Å². The van der Waals surface area contributed by atoms with Gasteiger partial charge in [0.15, 0.2) is 23.4 Å². The van der Waals surface area contributed by atoms with Crippen LogP contribution in [0.5, 0.6) is 11.5 Å². The molecule has 2 aromatic carbocycles. The molecule has 9 heteroatoms. The maximum absolute atomic E-state index is 12.6. The molecule has 0 fully saturated rings. The van der Waals surface area contributed by atoms with Crippen LogP contribution < -0.4 is 14.5 Å². The summed E-state index contributed by atoms with van der Waals surface area (Å²) in [4.78, 5) is 24.9. The predicted octanol–water partition coefficient (Wildman–Crippen LogP) is 3.19. The predicted molar refractivity (Wildman–Crippen MR) is 108 cm³/mol. The number of carbonyl (C=O) groups is 2. The standard InChI is InChI=1S/C20H19ClN4O4/c1-12(26)19-22-24(16-7-5-15(21)6-8-16)20(25(13(2)27)23(19)3)14-4-9-17-18(10-14)29-11-28-17/h4-10,20H,11H2,1-3H3/t20-/m1/s1. The van der Waals surface area contributed by atoms with Gasteiger partial charge in [-0.2, -0.15) is 0 Å². The van der Waals surface area contributed by atoms with Crippen molar-refractivity contribution in [3.8, 4) is 11.5 Å². The summed E-state index contributed by atoms with van der Waals surface area (Å²) in [6.45, 7) is 3.00. The molecule has 1 atom stereocenters. The van der Waals surface area contributed by atoms with Gasteiger partial charge in [0, 0.05) is 31.5 Å². The molecule has 4 rings (SSSR count). The molecule has 8 nitrogen and oxygen atoms in total. The Kier molecular flexibility index (Phi) is 4.79. The smallest absolute Gasteiger partial charge is 0.240 e. The lowest BCUT2D eigenvalue weighted by Gasteiger charge is -2.46. The lowest BCUT2D eigenvalue weighted by molar-refractivity contribution is -0.145. The minimum absolute atomic E-state index is 0.146. The molecule has 2 heterocycles. The number of benzene rings is 2. The molecular weight excluding hydrogens is 396 g/mol. The number of hydrazone groups is 1. The summed E-state index contributed by atoms with van der Waals surface area (Å²) in [7, 11) is 1.64. The number of amidine groups is 1. The van der Waals surface area contributed by atoms with Crippen molar-refractivity contribution in [2.24, 2.45) is 5.10 Å². The minimum atomic E-state index is -0.642. The number of hydrogen-bond acceptors (Lipinski definition) is 7. The zero-order valence-corrected chi connectivity index (χ0v) is 16.9. The van der Waals surface area contributed by atoms with Gasteiger partial charge in [0.2, 0.25) is 18.5 Å². The first kappa shape index (κ1) is 19.1. The highest BCUT2D eigenvalue weighted by Crippen LogP contribution is 2.40. The Bertz CT molecular complexity index is 1010. The molecule has 2 aliphatic heterocycles. The van der Waals surface area contributed by atoms with Crippen molar-refractivity contribution in [1.82, 2.24) is 10.0 Å². The number of ketones is 1. The first-order chi connectivity index (χ1) is 13.9. The Morgan fingerprint density at radius 3 is 2.41 bits per heavy atom. The van der Waals surface area contributed by atoms with E-state index in [-0.39, 0.29) is 24.3 Å². The molecule has 1 amide bonds. The molecule has 0 radical (unpaired) electrons. The van der Waals surface area contributed by atoms with Gasteiger partial charge in [-0.15, -0.1) is 5.10 Å². The number of nitrogens with zero attached hydrogens (tertiary/aromatic N) is 4. The number of rotatable bonds is 3. The maximum atomic E-state index is 12.6. The third-order valence-electron chi connectivity index (χ3n) is 4.72. The summed E-state index contributed by atoms with van der Waals surface area (Å²) >= 11 is 6.04. The van der Waals surface area contributed by atoms with E-state index in [1.165, 1.54) is 23.9 Å². The highest BCUT2D eigenvalue weighted by molar-refractivity contribution is 6.38. The van der Waals surface area contributed by atoms with Gasteiger partial charge in [-0.1, -0.05) is 17.7 Å². The SMILES string of the molecule is CC(=O)C1=NN(c2ccc(Cl)cc2)[C@@H](c2ccc3c(c2)OCO3)N(C(C)=O)N1C. The number of carbonyl (C=O) groups excluding carboxylic acids is 2. The molecule has 0 saturated heterocycles. The fraction of sp³-hybridized carbons (Fsp3) is 0.250. The van der Waals surface area contributed by atoms with E-state index in [1.807, 2.05) is 12.1 Å². The van der Waals surface area contributed by atoms with Crippen molar-refractivity contribution in [1.29, 1.82) is 0 Å². The Morgan fingerprint density at radius 1 is 1.07 bits per heavy atom. The Morgan fingerprint density at radius 2 is 1.76 bits per heavy atom. The third kappa shape index (κ3) is 3.36. The van der Waals surface area contributed by atoms with E-state index < -0.39 is 6.17 Å². The molecule has 29 heavy (non-hydrogen) atoms. The molecule has 0 bridgehead atoms. The van der Waals surface area contributed by atoms with Crippen molar-refractivity contribution in [2.75, 3.05) is 18.8 Å². The summed E-state index contributed by atoms with van der Waals surface area (Å²) in [6.07, 6.45) is -0.642. The molecule has 0 saturated carbocycles. The van der Waals surface area contributed by atoms with E-state index >= 15 is 0 Å².